The Morgan fingerprint density at radius 1 is 0.919 bits per heavy atom. The number of hydrogen-bond acceptors (Lipinski definition) is 3. The number of thiophene rings is 1. The fourth-order valence-corrected chi connectivity index (χ4v) is 5.91. The van der Waals surface area contributed by atoms with Crippen molar-refractivity contribution in [3.05, 3.63) is 16.0 Å². The standard InChI is InChI=1S/C21H21F11N2O2S/c1-4-15(2,3)8-5-6-9-10(7-8)37-13(11(9)12(33)35)34-14(36)16(22)17(23,24)19(27,28)21(31,32)20(29,30)18(16,25)26/h8H,4-7H2,1-3H3,(H2,33,35)(H,34,36)/t8-/m1/s1. The third-order valence-electron chi connectivity index (χ3n) is 7.51. The third-order valence-corrected chi connectivity index (χ3v) is 8.68. The molecule has 3 rings (SSSR count). The van der Waals surface area contributed by atoms with E-state index in [0.717, 1.165) is 5.32 Å². The zero-order chi connectivity index (χ0) is 28.8. The van der Waals surface area contributed by atoms with Crippen LogP contribution in [0.3, 0.4) is 0 Å². The molecular formula is C21H21F11N2O2S. The van der Waals surface area contributed by atoms with Crippen LogP contribution >= 0.6 is 11.3 Å². The molecule has 0 saturated heterocycles. The van der Waals surface area contributed by atoms with Crippen LogP contribution in [0.2, 0.25) is 0 Å². The van der Waals surface area contributed by atoms with Gasteiger partial charge in [0.2, 0.25) is 0 Å². The van der Waals surface area contributed by atoms with Gasteiger partial charge in [0.15, 0.2) is 0 Å². The first-order valence-electron chi connectivity index (χ1n) is 10.8. The summed E-state index contributed by atoms with van der Waals surface area (Å²) in [7, 11) is 0. The highest BCUT2D eigenvalue weighted by atomic mass is 32.1. The number of anilines is 1. The molecule has 2 aliphatic rings. The molecule has 3 N–H and O–H groups in total. The fourth-order valence-electron chi connectivity index (χ4n) is 4.59. The Labute approximate surface area is 206 Å². The van der Waals surface area contributed by atoms with Crippen LogP contribution in [0, 0.1) is 11.3 Å². The van der Waals surface area contributed by atoms with Gasteiger partial charge in [0.05, 0.1) is 5.56 Å². The van der Waals surface area contributed by atoms with Crippen molar-refractivity contribution in [2.75, 3.05) is 5.32 Å². The van der Waals surface area contributed by atoms with Crippen molar-refractivity contribution in [2.24, 2.45) is 17.1 Å². The Bertz CT molecular complexity index is 1100. The Morgan fingerprint density at radius 2 is 1.38 bits per heavy atom. The minimum absolute atomic E-state index is 0.0351. The zero-order valence-corrected chi connectivity index (χ0v) is 20.2. The Balaban J connectivity index is 2.12. The summed E-state index contributed by atoms with van der Waals surface area (Å²) in [6.07, 6.45) is 1.48. The SMILES string of the molecule is CCC(C)(C)[C@@H]1CCc2c(sc(NC(=O)C3(F)C(F)(F)C(F)(F)C(F)(F)C(F)(F)C3(F)F)c2C(N)=O)C1. The molecule has 0 bridgehead atoms. The molecule has 1 fully saturated rings. The number of carbonyl (C=O) groups excluding carboxylic acids is 2. The van der Waals surface area contributed by atoms with Gasteiger partial charge in [0.1, 0.15) is 5.00 Å². The Kier molecular flexibility index (Phi) is 6.51. The fraction of sp³-hybridized carbons (Fsp3) is 0.714. The average molecular weight is 574 g/mol. The number of nitrogens with two attached hydrogens (primary N) is 1. The summed E-state index contributed by atoms with van der Waals surface area (Å²) >= 11 is 0.399. The van der Waals surface area contributed by atoms with Crippen LogP contribution in [0.15, 0.2) is 0 Å². The predicted octanol–water partition coefficient (Wildman–Crippen LogP) is 6.23. The number of fused-ring (bicyclic) bond motifs is 1. The highest BCUT2D eigenvalue weighted by molar-refractivity contribution is 7.17. The third kappa shape index (κ3) is 3.45. The summed E-state index contributed by atoms with van der Waals surface area (Å²) in [5, 5.41) is 0.133. The molecule has 2 aliphatic carbocycles. The maximum atomic E-state index is 15.1. The van der Waals surface area contributed by atoms with Crippen molar-refractivity contribution in [1.82, 2.24) is 0 Å². The van der Waals surface area contributed by atoms with Gasteiger partial charge in [-0.3, -0.25) is 9.59 Å². The van der Waals surface area contributed by atoms with E-state index in [9.17, 15) is 53.5 Å². The van der Waals surface area contributed by atoms with Crippen LogP contribution in [0.5, 0.6) is 0 Å². The Morgan fingerprint density at radius 3 is 1.81 bits per heavy atom. The first-order chi connectivity index (χ1) is 16.5. The molecule has 37 heavy (non-hydrogen) atoms. The van der Waals surface area contributed by atoms with E-state index in [-0.39, 0.29) is 29.7 Å². The van der Waals surface area contributed by atoms with Crippen LogP contribution in [0.4, 0.5) is 53.3 Å². The van der Waals surface area contributed by atoms with E-state index in [1.165, 1.54) is 0 Å². The number of halogens is 11. The lowest BCUT2D eigenvalue weighted by Gasteiger charge is -2.51. The van der Waals surface area contributed by atoms with E-state index < -0.39 is 57.7 Å². The molecule has 1 aromatic heterocycles. The first-order valence-corrected chi connectivity index (χ1v) is 11.6. The van der Waals surface area contributed by atoms with E-state index in [0.29, 0.717) is 29.1 Å². The van der Waals surface area contributed by atoms with Crippen molar-refractivity contribution in [3.63, 3.8) is 0 Å². The summed E-state index contributed by atoms with van der Waals surface area (Å²) in [6.45, 7) is 5.74. The van der Waals surface area contributed by atoms with Crippen LogP contribution in [-0.4, -0.2) is 47.1 Å². The quantitative estimate of drug-likeness (QED) is 0.410. The number of nitrogens with one attached hydrogen (secondary N) is 1. The highest BCUT2D eigenvalue weighted by Gasteiger charge is 3.02. The molecule has 210 valence electrons. The van der Waals surface area contributed by atoms with Crippen molar-refractivity contribution >= 4 is 28.2 Å². The summed E-state index contributed by atoms with van der Waals surface area (Å²) in [4.78, 5) is 24.7. The second-order valence-electron chi connectivity index (χ2n) is 9.84. The van der Waals surface area contributed by atoms with E-state index in [2.05, 4.69) is 0 Å². The second-order valence-corrected chi connectivity index (χ2v) is 10.9. The van der Waals surface area contributed by atoms with Crippen molar-refractivity contribution in [2.45, 2.75) is 81.7 Å². The van der Waals surface area contributed by atoms with Crippen molar-refractivity contribution in [3.8, 4) is 0 Å². The number of alkyl halides is 11. The summed E-state index contributed by atoms with van der Waals surface area (Å²) in [6, 6.07) is 0. The molecule has 1 aromatic rings. The van der Waals surface area contributed by atoms with Crippen LogP contribution in [0.1, 0.15) is 54.4 Å². The molecule has 0 radical (unpaired) electrons. The lowest BCUT2D eigenvalue weighted by atomic mass is 9.69. The molecule has 1 atom stereocenters. The smallest absolute Gasteiger partial charge is 0.365 e. The second kappa shape index (κ2) is 8.18. The molecule has 16 heteroatoms. The molecule has 2 amide bonds. The monoisotopic (exact) mass is 574 g/mol. The number of carbonyl (C=O) groups is 2. The lowest BCUT2D eigenvalue weighted by Crippen LogP contribution is -2.86. The van der Waals surface area contributed by atoms with Crippen molar-refractivity contribution < 1.29 is 57.9 Å². The summed E-state index contributed by atoms with van der Waals surface area (Å²) < 4.78 is 154. The van der Waals surface area contributed by atoms with Gasteiger partial charge in [-0.05, 0) is 36.2 Å². The van der Waals surface area contributed by atoms with E-state index in [1.54, 1.807) is 0 Å². The topological polar surface area (TPSA) is 72.2 Å². The van der Waals surface area contributed by atoms with Crippen LogP contribution < -0.4 is 11.1 Å². The number of primary amides is 1. The van der Waals surface area contributed by atoms with Gasteiger partial charge in [-0.2, -0.15) is 43.9 Å². The highest BCUT2D eigenvalue weighted by Crippen LogP contribution is 2.69. The molecule has 0 spiro atoms. The van der Waals surface area contributed by atoms with E-state index >= 15 is 4.39 Å². The molecule has 1 heterocycles. The van der Waals surface area contributed by atoms with Gasteiger partial charge in [0.25, 0.3) is 11.8 Å². The minimum atomic E-state index is -7.44. The minimum Gasteiger partial charge on any atom is -0.365 e. The number of hydrogen-bond donors (Lipinski definition) is 2. The lowest BCUT2D eigenvalue weighted by molar-refractivity contribution is -0.475. The number of amides is 2. The molecule has 1 saturated carbocycles. The maximum Gasteiger partial charge on any atom is 0.384 e. The first kappa shape index (κ1) is 29.4. The predicted molar refractivity (Wildman–Crippen MR) is 110 cm³/mol. The maximum absolute atomic E-state index is 15.1. The summed E-state index contributed by atoms with van der Waals surface area (Å²) in [5.74, 6) is -41.8. The van der Waals surface area contributed by atoms with Gasteiger partial charge < -0.3 is 11.1 Å². The molecule has 0 aliphatic heterocycles. The van der Waals surface area contributed by atoms with Crippen molar-refractivity contribution in [1.29, 1.82) is 0 Å². The average Bonchev–Trinajstić information content (AvgIpc) is 3.14. The van der Waals surface area contributed by atoms with Gasteiger partial charge in [-0.25, -0.2) is 4.39 Å². The molecule has 4 nitrogen and oxygen atoms in total. The molecule has 0 aromatic carbocycles. The van der Waals surface area contributed by atoms with Crippen LogP contribution in [-0.2, 0) is 17.6 Å². The zero-order valence-electron chi connectivity index (χ0n) is 19.4. The largest absolute Gasteiger partial charge is 0.384 e. The van der Waals surface area contributed by atoms with E-state index in [1.807, 2.05) is 20.8 Å². The van der Waals surface area contributed by atoms with Gasteiger partial charge in [-0.15, -0.1) is 11.3 Å². The van der Waals surface area contributed by atoms with Crippen LogP contribution in [0.25, 0.3) is 0 Å². The number of rotatable bonds is 5. The normalized spacial score (nSPS) is 26.7. The van der Waals surface area contributed by atoms with Gasteiger partial charge in [-0.1, -0.05) is 27.2 Å². The van der Waals surface area contributed by atoms with E-state index in [4.69, 9.17) is 5.73 Å². The molecule has 0 unspecified atom stereocenters. The van der Waals surface area contributed by atoms with Gasteiger partial charge >= 0.3 is 35.3 Å². The summed E-state index contributed by atoms with van der Waals surface area (Å²) in [5.41, 5.74) is -2.38. The Hall–Kier alpha value is -2.13. The van der Waals surface area contributed by atoms with Gasteiger partial charge in [0, 0.05) is 4.88 Å². The molecular weight excluding hydrogens is 553 g/mol.